The molecular formula is C35H28Br2O5. The molecule has 42 heavy (non-hydrogen) atoms. The molecule has 0 aliphatic heterocycles. The zero-order valence-electron chi connectivity index (χ0n) is 22.7. The highest BCUT2D eigenvalue weighted by atomic mass is 79.9. The van der Waals surface area contributed by atoms with Crippen molar-refractivity contribution < 1.29 is 23.1 Å². The van der Waals surface area contributed by atoms with Crippen LogP contribution in [0, 0.1) is 0 Å². The Hall–Kier alpha value is -3.81. The van der Waals surface area contributed by atoms with E-state index in [1.54, 1.807) is 0 Å². The summed E-state index contributed by atoms with van der Waals surface area (Å²) in [5.74, 6) is 1.52. The predicted molar refractivity (Wildman–Crippen MR) is 172 cm³/mol. The lowest BCUT2D eigenvalue weighted by Crippen LogP contribution is -2.22. The van der Waals surface area contributed by atoms with Gasteiger partial charge in [-0.15, -0.1) is 0 Å². The highest BCUT2D eigenvalue weighted by Gasteiger charge is 2.33. The minimum atomic E-state index is -0.524. The second kappa shape index (κ2) is 13.0. The van der Waals surface area contributed by atoms with Crippen LogP contribution >= 0.6 is 31.9 Å². The van der Waals surface area contributed by atoms with E-state index in [1.165, 1.54) is 0 Å². The lowest BCUT2D eigenvalue weighted by Gasteiger charge is -2.16. The van der Waals surface area contributed by atoms with E-state index in [0.717, 1.165) is 21.9 Å². The molecular weight excluding hydrogens is 660 g/mol. The van der Waals surface area contributed by atoms with E-state index in [1.807, 2.05) is 109 Å². The molecule has 0 bridgehead atoms. The van der Waals surface area contributed by atoms with Gasteiger partial charge >= 0.3 is 0 Å². The molecule has 0 amide bonds. The molecule has 6 aromatic rings. The molecule has 7 heteroatoms. The molecule has 6 rings (SSSR count). The van der Waals surface area contributed by atoms with Crippen LogP contribution in [0.25, 0.3) is 21.9 Å². The fraction of sp³-hybridized carbons (Fsp3) is 0.171. The first-order chi connectivity index (χ1) is 20.6. The first-order valence-corrected chi connectivity index (χ1v) is 15.9. The molecule has 0 saturated carbocycles. The van der Waals surface area contributed by atoms with Gasteiger partial charge in [0, 0.05) is 10.7 Å². The van der Waals surface area contributed by atoms with Gasteiger partial charge in [-0.2, -0.15) is 0 Å². The molecule has 2 unspecified atom stereocenters. The lowest BCUT2D eigenvalue weighted by atomic mass is 9.91. The molecule has 5 nitrogen and oxygen atoms in total. The highest BCUT2D eigenvalue weighted by Crippen LogP contribution is 2.38. The zero-order chi connectivity index (χ0) is 28.9. The number of hydrogen-bond acceptors (Lipinski definition) is 5. The second-order valence-electron chi connectivity index (χ2n) is 10.00. The van der Waals surface area contributed by atoms with E-state index >= 15 is 0 Å². The molecule has 0 saturated heterocycles. The molecule has 0 aliphatic rings. The minimum Gasteiger partial charge on any atom is -0.488 e. The smallest absolute Gasteiger partial charge is 0.155 e. The Morgan fingerprint density at radius 3 is 1.43 bits per heavy atom. The van der Waals surface area contributed by atoms with Crippen molar-refractivity contribution in [2.24, 2.45) is 0 Å². The van der Waals surface area contributed by atoms with Gasteiger partial charge in [0.2, 0.25) is 0 Å². The summed E-state index contributed by atoms with van der Waals surface area (Å²) < 4.78 is 24.7. The molecule has 0 N–H and O–H groups in total. The minimum absolute atomic E-state index is 0.0135. The number of benzene rings is 4. The van der Waals surface area contributed by atoms with Crippen LogP contribution in [0.15, 0.2) is 118 Å². The van der Waals surface area contributed by atoms with Gasteiger partial charge in [0.05, 0.1) is 22.6 Å². The van der Waals surface area contributed by atoms with Gasteiger partial charge in [0.15, 0.2) is 5.78 Å². The summed E-state index contributed by atoms with van der Waals surface area (Å²) in [5.41, 5.74) is 3.50. The summed E-state index contributed by atoms with van der Waals surface area (Å²) in [6.07, 6.45) is 0. The van der Waals surface area contributed by atoms with E-state index < -0.39 is 11.8 Å². The van der Waals surface area contributed by atoms with Crippen LogP contribution in [0.2, 0.25) is 0 Å². The van der Waals surface area contributed by atoms with Crippen molar-refractivity contribution in [1.82, 2.24) is 0 Å². The van der Waals surface area contributed by atoms with Gasteiger partial charge in [-0.25, -0.2) is 0 Å². The molecule has 0 spiro atoms. The monoisotopic (exact) mass is 686 g/mol. The molecule has 4 aromatic carbocycles. The maximum atomic E-state index is 14.0. The maximum Gasteiger partial charge on any atom is 0.155 e. The van der Waals surface area contributed by atoms with E-state index in [9.17, 15) is 4.79 Å². The number of carbonyl (C=O) groups excluding carboxylic acids is 1. The Kier molecular flexibility index (Phi) is 8.77. The summed E-state index contributed by atoms with van der Waals surface area (Å²) in [6.45, 7) is 0.881. The van der Waals surface area contributed by atoms with Gasteiger partial charge in [0.1, 0.15) is 47.4 Å². The molecule has 212 valence electrons. The van der Waals surface area contributed by atoms with Gasteiger partial charge in [-0.1, -0.05) is 105 Å². The van der Waals surface area contributed by atoms with Crippen molar-refractivity contribution in [3.8, 4) is 11.5 Å². The third kappa shape index (κ3) is 6.03. The van der Waals surface area contributed by atoms with Crippen LogP contribution in [0.1, 0.15) is 34.5 Å². The quantitative estimate of drug-likeness (QED) is 0.120. The fourth-order valence-electron chi connectivity index (χ4n) is 5.00. The van der Waals surface area contributed by atoms with Gasteiger partial charge in [-0.05, 0) is 47.5 Å². The highest BCUT2D eigenvalue weighted by molar-refractivity contribution is 9.09. The van der Waals surface area contributed by atoms with Crippen molar-refractivity contribution in [2.45, 2.75) is 25.0 Å². The Morgan fingerprint density at radius 2 is 1.02 bits per heavy atom. The topological polar surface area (TPSA) is 61.8 Å². The Morgan fingerprint density at radius 1 is 0.595 bits per heavy atom. The standard InChI is InChI=1S/C35H28Br2O5/c36-19-27(33-17-25-29(13-7-15-31(25)41-33)39-21-23-9-3-1-4-10-23)35(38)28(20-37)34-18-26-30(14-8-16-32(26)42-34)40-22-24-11-5-2-6-12-24/h1-18,27-28H,19-22H2. The normalized spacial score (nSPS) is 12.8. The molecule has 2 heterocycles. The van der Waals surface area contributed by atoms with Crippen LogP contribution in [0.5, 0.6) is 11.5 Å². The number of Topliss-reactive ketones (excluding diaryl/α,β-unsaturated/α-hetero) is 1. The summed E-state index contributed by atoms with van der Waals surface area (Å²) in [4.78, 5) is 14.0. The molecule has 0 fully saturated rings. The summed E-state index contributed by atoms with van der Waals surface area (Å²) >= 11 is 7.14. The number of hydrogen-bond donors (Lipinski definition) is 0. The van der Waals surface area contributed by atoms with E-state index in [-0.39, 0.29) is 5.78 Å². The first kappa shape index (κ1) is 28.3. The SMILES string of the molecule is O=C(C(CBr)c1cc2c(OCc3ccccc3)cccc2o1)C(CBr)c1cc2c(OCc3ccccc3)cccc2o1. The van der Waals surface area contributed by atoms with E-state index in [4.69, 9.17) is 18.3 Å². The summed E-state index contributed by atoms with van der Waals surface area (Å²) in [6, 6.07) is 35.3. The van der Waals surface area contributed by atoms with Crippen LogP contribution in [-0.2, 0) is 18.0 Å². The number of alkyl halides is 2. The van der Waals surface area contributed by atoms with Crippen LogP contribution < -0.4 is 9.47 Å². The predicted octanol–water partition coefficient (Wildman–Crippen LogP) is 9.56. The van der Waals surface area contributed by atoms with Crippen molar-refractivity contribution in [3.63, 3.8) is 0 Å². The van der Waals surface area contributed by atoms with Crippen molar-refractivity contribution in [2.75, 3.05) is 10.7 Å². The van der Waals surface area contributed by atoms with Crippen LogP contribution in [0.4, 0.5) is 0 Å². The molecule has 2 atom stereocenters. The Bertz CT molecular complexity index is 1660. The number of furan rings is 2. The Balaban J connectivity index is 1.24. The zero-order valence-corrected chi connectivity index (χ0v) is 25.8. The maximum absolute atomic E-state index is 14.0. The van der Waals surface area contributed by atoms with Gasteiger partial charge in [-0.3, -0.25) is 4.79 Å². The third-order valence-electron chi connectivity index (χ3n) is 7.24. The fourth-order valence-corrected chi connectivity index (χ4v) is 6.28. The first-order valence-electron chi connectivity index (χ1n) is 13.7. The average molecular weight is 688 g/mol. The summed E-state index contributed by atoms with van der Waals surface area (Å²) in [7, 11) is 0. The number of halogens is 2. The molecule has 0 radical (unpaired) electrons. The third-order valence-corrected chi connectivity index (χ3v) is 8.53. The van der Waals surface area contributed by atoms with E-state index in [2.05, 4.69) is 31.9 Å². The average Bonchev–Trinajstić information content (AvgIpc) is 3.66. The van der Waals surface area contributed by atoms with Gasteiger partial charge in [0.25, 0.3) is 0 Å². The lowest BCUT2D eigenvalue weighted by molar-refractivity contribution is -0.121. The van der Waals surface area contributed by atoms with Gasteiger partial charge < -0.3 is 18.3 Å². The van der Waals surface area contributed by atoms with Crippen LogP contribution in [-0.4, -0.2) is 16.4 Å². The Labute approximate surface area is 260 Å². The molecule has 0 aliphatic carbocycles. The number of fused-ring (bicyclic) bond motifs is 2. The second-order valence-corrected chi connectivity index (χ2v) is 11.3. The number of ketones is 1. The van der Waals surface area contributed by atoms with E-state index in [0.29, 0.717) is 58.1 Å². The number of carbonyl (C=O) groups is 1. The molecule has 2 aromatic heterocycles. The number of rotatable bonds is 12. The van der Waals surface area contributed by atoms with Crippen molar-refractivity contribution in [1.29, 1.82) is 0 Å². The summed E-state index contributed by atoms with van der Waals surface area (Å²) in [5, 5.41) is 2.48. The largest absolute Gasteiger partial charge is 0.488 e. The number of ether oxygens (including phenoxy) is 2. The van der Waals surface area contributed by atoms with Crippen LogP contribution in [0.3, 0.4) is 0 Å². The van der Waals surface area contributed by atoms with Crippen molar-refractivity contribution in [3.05, 3.63) is 132 Å². The van der Waals surface area contributed by atoms with Crippen molar-refractivity contribution >= 4 is 59.6 Å².